The Balaban J connectivity index is 1.44. The lowest BCUT2D eigenvalue weighted by atomic mass is 9.92. The van der Waals surface area contributed by atoms with E-state index in [2.05, 4.69) is 140 Å². The number of hydrogen-bond donors (Lipinski definition) is 0. The molecule has 0 aliphatic carbocycles. The van der Waals surface area contributed by atoms with Crippen molar-refractivity contribution in [2.24, 2.45) is 0 Å². The van der Waals surface area contributed by atoms with Gasteiger partial charge in [0.25, 0.3) is 0 Å². The summed E-state index contributed by atoms with van der Waals surface area (Å²) in [7, 11) is 0. The summed E-state index contributed by atoms with van der Waals surface area (Å²) in [5, 5.41) is 0.728. The van der Waals surface area contributed by atoms with E-state index in [0.717, 1.165) is 27.3 Å². The van der Waals surface area contributed by atoms with Gasteiger partial charge in [-0.05, 0) is 92.0 Å². The van der Waals surface area contributed by atoms with E-state index in [1.165, 1.54) is 33.4 Å². The van der Waals surface area contributed by atoms with Crippen molar-refractivity contribution in [2.75, 3.05) is 0 Å². The second kappa shape index (κ2) is 10.3. The van der Waals surface area contributed by atoms with Crippen molar-refractivity contribution < 1.29 is 0 Å². The predicted octanol–water partition coefficient (Wildman–Crippen LogP) is 10.7. The number of halogens is 1. The molecule has 0 spiro atoms. The zero-order chi connectivity index (χ0) is 25.0. The summed E-state index contributed by atoms with van der Waals surface area (Å²) in [5.41, 5.74) is 11.7. The Bertz CT molecular complexity index is 1580. The van der Waals surface area contributed by atoms with Crippen LogP contribution in [0.5, 0.6) is 0 Å². The quantitative estimate of drug-likeness (QED) is 0.224. The first-order valence-corrected chi connectivity index (χ1v) is 12.8. The average Bonchev–Trinajstić information content (AvgIpc) is 2.98. The zero-order valence-electron chi connectivity index (χ0n) is 20.3. The molecule has 6 rings (SSSR count). The molecule has 6 aromatic carbocycles. The molecule has 0 unspecified atom stereocenters. The van der Waals surface area contributed by atoms with E-state index in [1.807, 2.05) is 12.1 Å². The molecule has 0 nitrogen and oxygen atoms in total. The third kappa shape index (κ3) is 5.11. The predicted molar refractivity (Wildman–Crippen MR) is 159 cm³/mol. The molecule has 0 fully saturated rings. The molecule has 0 aromatic heterocycles. The van der Waals surface area contributed by atoms with Crippen LogP contribution in [-0.2, 0) is 0 Å². The van der Waals surface area contributed by atoms with Crippen molar-refractivity contribution in [3.05, 3.63) is 157 Å². The van der Waals surface area contributed by atoms with Gasteiger partial charge in [-0.25, -0.2) is 0 Å². The molecule has 0 saturated carbocycles. The largest absolute Gasteiger partial charge is 0.0843 e. The molecule has 37 heavy (non-hydrogen) atoms. The molecular weight excluding hydrogens is 468 g/mol. The molecule has 0 aliphatic heterocycles. The van der Waals surface area contributed by atoms with E-state index in [9.17, 15) is 0 Å². The summed E-state index contributed by atoms with van der Waals surface area (Å²) in [5.74, 6) is 0. The number of benzene rings is 6. The highest BCUT2D eigenvalue weighted by Crippen LogP contribution is 2.36. The highest BCUT2D eigenvalue weighted by molar-refractivity contribution is 6.31. The monoisotopic (exact) mass is 492 g/mol. The fourth-order valence-corrected chi connectivity index (χ4v) is 5.03. The van der Waals surface area contributed by atoms with E-state index in [1.54, 1.807) is 0 Å². The maximum absolute atomic E-state index is 6.69. The smallest absolute Gasteiger partial charge is 0.0418 e. The maximum atomic E-state index is 6.69. The number of rotatable bonds is 5. The summed E-state index contributed by atoms with van der Waals surface area (Å²) >= 11 is 6.69. The molecule has 0 amide bonds. The zero-order valence-corrected chi connectivity index (χ0v) is 21.1. The van der Waals surface area contributed by atoms with E-state index < -0.39 is 0 Å². The highest BCUT2D eigenvalue weighted by Gasteiger charge is 2.10. The van der Waals surface area contributed by atoms with Crippen LogP contribution in [-0.4, -0.2) is 0 Å². The molecule has 1 heteroatoms. The highest BCUT2D eigenvalue weighted by atomic mass is 35.5. The topological polar surface area (TPSA) is 0 Å². The summed E-state index contributed by atoms with van der Waals surface area (Å²) in [6.07, 6.45) is 0. The fourth-order valence-electron chi connectivity index (χ4n) is 4.80. The molecule has 0 atom stereocenters. The number of hydrogen-bond acceptors (Lipinski definition) is 0. The van der Waals surface area contributed by atoms with Gasteiger partial charge in [-0.3, -0.25) is 0 Å². The molecule has 0 aliphatic rings. The lowest BCUT2D eigenvalue weighted by molar-refractivity contribution is 1.55. The van der Waals surface area contributed by atoms with Gasteiger partial charge >= 0.3 is 0 Å². The Hall–Kier alpha value is -4.39. The summed E-state index contributed by atoms with van der Waals surface area (Å²) in [6, 6.07) is 53.4. The standard InChI is InChI=1S/C36H25Cl/c37-36-24-34(30-18-16-29(17-19-30)26-10-4-1-5-11-26)23-35(25-36)33-21-31(27-12-6-2-7-13-27)20-32(22-33)28-14-8-3-9-15-28/h1-25H. The van der Waals surface area contributed by atoms with Crippen LogP contribution in [0.15, 0.2) is 152 Å². The van der Waals surface area contributed by atoms with Crippen LogP contribution >= 0.6 is 11.6 Å². The van der Waals surface area contributed by atoms with E-state index in [4.69, 9.17) is 11.6 Å². The van der Waals surface area contributed by atoms with Crippen LogP contribution in [0, 0.1) is 0 Å². The molecule has 0 bridgehead atoms. The van der Waals surface area contributed by atoms with Crippen LogP contribution < -0.4 is 0 Å². The Kier molecular flexibility index (Phi) is 6.42. The third-order valence-corrected chi connectivity index (χ3v) is 6.92. The second-order valence-corrected chi connectivity index (χ2v) is 9.64. The molecule has 0 heterocycles. The maximum Gasteiger partial charge on any atom is 0.0418 e. The minimum Gasteiger partial charge on any atom is -0.0843 e. The fraction of sp³-hybridized carbons (Fsp3) is 0. The van der Waals surface area contributed by atoms with Gasteiger partial charge in [0.1, 0.15) is 0 Å². The summed E-state index contributed by atoms with van der Waals surface area (Å²) < 4.78 is 0. The molecule has 0 N–H and O–H groups in total. The lowest BCUT2D eigenvalue weighted by Crippen LogP contribution is -1.87. The van der Waals surface area contributed by atoms with Crippen molar-refractivity contribution in [1.29, 1.82) is 0 Å². The first-order chi connectivity index (χ1) is 18.2. The molecule has 0 radical (unpaired) electrons. The van der Waals surface area contributed by atoms with Gasteiger partial charge in [0.15, 0.2) is 0 Å². The Labute approximate surface area is 223 Å². The normalized spacial score (nSPS) is 10.8. The minimum absolute atomic E-state index is 0.728. The van der Waals surface area contributed by atoms with Crippen LogP contribution in [0.1, 0.15) is 0 Å². The third-order valence-electron chi connectivity index (χ3n) is 6.70. The molecule has 0 saturated heterocycles. The molecule has 6 aromatic rings. The summed E-state index contributed by atoms with van der Waals surface area (Å²) in [4.78, 5) is 0. The Morgan fingerprint density at radius 3 is 0.892 bits per heavy atom. The van der Waals surface area contributed by atoms with Crippen molar-refractivity contribution >= 4 is 11.6 Å². The van der Waals surface area contributed by atoms with Crippen LogP contribution in [0.2, 0.25) is 5.02 Å². The van der Waals surface area contributed by atoms with E-state index in [0.29, 0.717) is 0 Å². The SMILES string of the molecule is Clc1cc(-c2ccc(-c3ccccc3)cc2)cc(-c2cc(-c3ccccc3)cc(-c3ccccc3)c2)c1. The van der Waals surface area contributed by atoms with Crippen LogP contribution in [0.4, 0.5) is 0 Å². The molecule has 176 valence electrons. The summed E-state index contributed by atoms with van der Waals surface area (Å²) in [6.45, 7) is 0. The van der Waals surface area contributed by atoms with Gasteiger partial charge in [0, 0.05) is 5.02 Å². The van der Waals surface area contributed by atoms with Crippen LogP contribution in [0.3, 0.4) is 0 Å². The first kappa shape index (κ1) is 23.0. The second-order valence-electron chi connectivity index (χ2n) is 9.20. The lowest BCUT2D eigenvalue weighted by Gasteiger charge is -2.13. The van der Waals surface area contributed by atoms with Crippen molar-refractivity contribution in [2.45, 2.75) is 0 Å². The van der Waals surface area contributed by atoms with Crippen molar-refractivity contribution in [3.8, 4) is 55.6 Å². The minimum atomic E-state index is 0.728. The first-order valence-electron chi connectivity index (χ1n) is 12.5. The van der Waals surface area contributed by atoms with E-state index in [-0.39, 0.29) is 0 Å². The Morgan fingerprint density at radius 1 is 0.243 bits per heavy atom. The van der Waals surface area contributed by atoms with Gasteiger partial charge in [-0.15, -0.1) is 0 Å². The van der Waals surface area contributed by atoms with Gasteiger partial charge in [0.05, 0.1) is 0 Å². The van der Waals surface area contributed by atoms with Gasteiger partial charge in [-0.2, -0.15) is 0 Å². The van der Waals surface area contributed by atoms with Crippen molar-refractivity contribution in [1.82, 2.24) is 0 Å². The van der Waals surface area contributed by atoms with Crippen molar-refractivity contribution in [3.63, 3.8) is 0 Å². The van der Waals surface area contributed by atoms with E-state index >= 15 is 0 Å². The van der Waals surface area contributed by atoms with Gasteiger partial charge in [-0.1, -0.05) is 127 Å². The van der Waals surface area contributed by atoms with Crippen LogP contribution in [0.25, 0.3) is 55.6 Å². The van der Waals surface area contributed by atoms with Gasteiger partial charge < -0.3 is 0 Å². The Morgan fingerprint density at radius 2 is 0.486 bits per heavy atom. The van der Waals surface area contributed by atoms with Gasteiger partial charge in [0.2, 0.25) is 0 Å². The average molecular weight is 493 g/mol. The molecular formula is C36H25Cl.